The van der Waals surface area contributed by atoms with E-state index in [1.165, 1.54) is 23.2 Å². The highest BCUT2D eigenvalue weighted by Gasteiger charge is 2.40. The molecule has 2 N–H and O–H groups in total. The quantitative estimate of drug-likeness (QED) is 0.700. The van der Waals surface area contributed by atoms with E-state index in [1.54, 1.807) is 42.5 Å². The second-order valence-corrected chi connectivity index (χ2v) is 7.15. The van der Waals surface area contributed by atoms with Crippen molar-refractivity contribution < 1.29 is 18.4 Å². The minimum Gasteiger partial charge on any atom is -0.368 e. The first-order valence-corrected chi connectivity index (χ1v) is 9.53. The average Bonchev–Trinajstić information content (AvgIpc) is 3.16. The molecule has 0 saturated heterocycles. The van der Waals surface area contributed by atoms with Crippen molar-refractivity contribution >= 4 is 11.8 Å². The maximum Gasteiger partial charge on any atom is 0.273 e. The number of primary amides is 1. The van der Waals surface area contributed by atoms with Gasteiger partial charge in [0.05, 0.1) is 6.04 Å². The molecule has 0 aliphatic heterocycles. The number of pyridine rings is 1. The molecule has 2 amide bonds. The molecule has 1 heterocycles. The zero-order valence-electron chi connectivity index (χ0n) is 16.0. The molecule has 4 rings (SSSR count). The molecule has 3 aromatic rings. The van der Waals surface area contributed by atoms with Crippen LogP contribution in [-0.2, 0) is 11.2 Å². The van der Waals surface area contributed by atoms with Crippen molar-refractivity contribution in [3.8, 4) is 0 Å². The van der Waals surface area contributed by atoms with Crippen molar-refractivity contribution in [2.75, 3.05) is 0 Å². The number of hydrogen-bond donors (Lipinski definition) is 1. The summed E-state index contributed by atoms with van der Waals surface area (Å²) in [5.74, 6) is -2.67. The third-order valence-electron chi connectivity index (χ3n) is 5.34. The third-order valence-corrected chi connectivity index (χ3v) is 5.34. The van der Waals surface area contributed by atoms with Gasteiger partial charge in [-0.05, 0) is 47.7 Å². The predicted octanol–water partition coefficient (Wildman–Crippen LogP) is 3.72. The Hall–Kier alpha value is -3.61. The van der Waals surface area contributed by atoms with Gasteiger partial charge in [-0.15, -0.1) is 0 Å². The van der Waals surface area contributed by atoms with Crippen LogP contribution in [0.1, 0.15) is 45.7 Å². The van der Waals surface area contributed by atoms with Gasteiger partial charge in [-0.25, -0.2) is 8.78 Å². The summed E-state index contributed by atoms with van der Waals surface area (Å²) in [7, 11) is 0. The number of amides is 2. The van der Waals surface area contributed by atoms with Gasteiger partial charge < -0.3 is 10.6 Å². The number of halogens is 2. The molecule has 1 unspecified atom stereocenters. The summed E-state index contributed by atoms with van der Waals surface area (Å²) < 4.78 is 28.4. The Morgan fingerprint density at radius 3 is 2.47 bits per heavy atom. The fourth-order valence-corrected chi connectivity index (χ4v) is 4.07. The normalized spacial score (nSPS) is 16.0. The van der Waals surface area contributed by atoms with Crippen LogP contribution in [-0.4, -0.2) is 21.7 Å². The number of rotatable bonds is 5. The Bertz CT molecular complexity index is 1090. The van der Waals surface area contributed by atoms with E-state index in [0.29, 0.717) is 29.5 Å². The van der Waals surface area contributed by atoms with Crippen LogP contribution in [0.3, 0.4) is 0 Å². The summed E-state index contributed by atoms with van der Waals surface area (Å²) >= 11 is 0. The van der Waals surface area contributed by atoms with E-state index < -0.39 is 35.5 Å². The van der Waals surface area contributed by atoms with E-state index in [1.807, 2.05) is 0 Å². The summed E-state index contributed by atoms with van der Waals surface area (Å²) in [6, 6.07) is 13.7. The number of fused-ring (bicyclic) bond motifs is 1. The molecule has 1 aliphatic rings. The first-order chi connectivity index (χ1) is 14.5. The molecule has 152 valence electrons. The van der Waals surface area contributed by atoms with Crippen LogP contribution in [0, 0.1) is 11.6 Å². The van der Waals surface area contributed by atoms with Gasteiger partial charge in [0.15, 0.2) is 0 Å². The predicted molar refractivity (Wildman–Crippen MR) is 106 cm³/mol. The molecule has 1 aromatic heterocycles. The highest BCUT2D eigenvalue weighted by molar-refractivity contribution is 5.96. The van der Waals surface area contributed by atoms with E-state index in [0.717, 1.165) is 6.07 Å². The van der Waals surface area contributed by atoms with Gasteiger partial charge in [0.25, 0.3) is 5.91 Å². The molecule has 1 aliphatic carbocycles. The molecule has 7 heteroatoms. The summed E-state index contributed by atoms with van der Waals surface area (Å²) in [4.78, 5) is 31.5. The highest BCUT2D eigenvalue weighted by Crippen LogP contribution is 2.42. The van der Waals surface area contributed by atoms with Gasteiger partial charge in [-0.2, -0.15) is 0 Å². The fraction of sp³-hybridized carbons (Fsp3) is 0.174. The molecular weight excluding hydrogens is 388 g/mol. The largest absolute Gasteiger partial charge is 0.368 e. The molecule has 0 spiro atoms. The minimum atomic E-state index is -1.12. The number of nitrogens with two attached hydrogens (primary N) is 1. The topological polar surface area (TPSA) is 76.3 Å². The highest BCUT2D eigenvalue weighted by atomic mass is 19.1. The van der Waals surface area contributed by atoms with Gasteiger partial charge in [0.1, 0.15) is 23.4 Å². The lowest BCUT2D eigenvalue weighted by Gasteiger charge is -2.35. The summed E-state index contributed by atoms with van der Waals surface area (Å²) in [6.45, 7) is 0. The zero-order chi connectivity index (χ0) is 21.3. The maximum absolute atomic E-state index is 14.3. The second-order valence-electron chi connectivity index (χ2n) is 7.15. The molecular formula is C23H19F2N3O2. The van der Waals surface area contributed by atoms with Gasteiger partial charge in [0, 0.05) is 12.3 Å². The van der Waals surface area contributed by atoms with Crippen LogP contribution in [0.25, 0.3) is 0 Å². The van der Waals surface area contributed by atoms with Crippen LogP contribution in [0.15, 0.2) is 66.9 Å². The van der Waals surface area contributed by atoms with E-state index >= 15 is 0 Å². The average molecular weight is 407 g/mol. The van der Waals surface area contributed by atoms with Crippen molar-refractivity contribution in [1.29, 1.82) is 0 Å². The molecule has 2 atom stereocenters. The smallest absolute Gasteiger partial charge is 0.273 e. The third kappa shape index (κ3) is 3.54. The van der Waals surface area contributed by atoms with Crippen molar-refractivity contribution in [2.45, 2.75) is 24.9 Å². The monoisotopic (exact) mass is 407 g/mol. The van der Waals surface area contributed by atoms with E-state index in [4.69, 9.17) is 5.73 Å². The Morgan fingerprint density at radius 1 is 1.07 bits per heavy atom. The standard InChI is InChI=1S/C23H19F2N3O2/c24-15-12-17-16(18(25)13-15)9-10-20(17)28(23(30)19-8-4-5-11-27-19)21(22(26)29)14-6-2-1-3-7-14/h1-8,11-13,20-21H,9-10H2,(H2,26,29)/t20-,21?/m1/s1. The Balaban J connectivity index is 1.88. The molecule has 5 nitrogen and oxygen atoms in total. The Kier molecular flexibility index (Phi) is 5.27. The number of nitrogens with zero attached hydrogens (tertiary/aromatic N) is 2. The molecule has 0 saturated carbocycles. The lowest BCUT2D eigenvalue weighted by Crippen LogP contribution is -2.43. The number of carbonyl (C=O) groups is 2. The lowest BCUT2D eigenvalue weighted by molar-refractivity contribution is -0.123. The maximum atomic E-state index is 14.3. The van der Waals surface area contributed by atoms with Crippen LogP contribution in [0.2, 0.25) is 0 Å². The van der Waals surface area contributed by atoms with Crippen molar-refractivity contribution in [1.82, 2.24) is 9.88 Å². The molecule has 30 heavy (non-hydrogen) atoms. The SMILES string of the molecule is NC(=O)C(c1ccccc1)N(C(=O)c1ccccn1)[C@@H]1CCc2c(F)cc(F)cc21. The van der Waals surface area contributed by atoms with E-state index in [-0.39, 0.29) is 5.69 Å². The van der Waals surface area contributed by atoms with Crippen LogP contribution < -0.4 is 5.73 Å². The minimum absolute atomic E-state index is 0.116. The molecule has 0 radical (unpaired) electrons. The van der Waals surface area contributed by atoms with Gasteiger partial charge >= 0.3 is 0 Å². The number of benzene rings is 2. The van der Waals surface area contributed by atoms with Gasteiger partial charge in [-0.1, -0.05) is 36.4 Å². The van der Waals surface area contributed by atoms with Gasteiger partial charge in [0.2, 0.25) is 5.91 Å². The van der Waals surface area contributed by atoms with Crippen LogP contribution in [0.4, 0.5) is 8.78 Å². The summed E-state index contributed by atoms with van der Waals surface area (Å²) in [6.07, 6.45) is 2.12. The fourth-order valence-electron chi connectivity index (χ4n) is 4.07. The zero-order valence-corrected chi connectivity index (χ0v) is 16.0. The molecule has 2 aromatic carbocycles. The van der Waals surface area contributed by atoms with E-state index in [9.17, 15) is 18.4 Å². The Morgan fingerprint density at radius 2 is 1.80 bits per heavy atom. The van der Waals surface area contributed by atoms with Crippen LogP contribution in [0.5, 0.6) is 0 Å². The summed E-state index contributed by atoms with van der Waals surface area (Å²) in [5, 5.41) is 0. The number of hydrogen-bond acceptors (Lipinski definition) is 3. The van der Waals surface area contributed by atoms with Crippen molar-refractivity contribution in [2.24, 2.45) is 5.73 Å². The van der Waals surface area contributed by atoms with Gasteiger partial charge in [-0.3, -0.25) is 14.6 Å². The van der Waals surface area contributed by atoms with Crippen molar-refractivity contribution in [3.63, 3.8) is 0 Å². The molecule has 0 fully saturated rings. The first-order valence-electron chi connectivity index (χ1n) is 9.53. The lowest BCUT2D eigenvalue weighted by atomic mass is 9.98. The second kappa shape index (κ2) is 8.02. The number of aromatic nitrogens is 1. The number of carbonyl (C=O) groups excluding carboxylic acids is 2. The van der Waals surface area contributed by atoms with Crippen molar-refractivity contribution in [3.05, 3.63) is 101 Å². The van der Waals surface area contributed by atoms with E-state index in [2.05, 4.69) is 4.98 Å². The molecule has 0 bridgehead atoms. The van der Waals surface area contributed by atoms with Crippen LogP contribution >= 0.6 is 0 Å². The first kappa shape index (κ1) is 19.7. The summed E-state index contributed by atoms with van der Waals surface area (Å²) in [5.41, 5.74) is 7.05. The Labute approximate surface area is 172 Å².